The fourth-order valence-corrected chi connectivity index (χ4v) is 3.28. The van der Waals surface area contributed by atoms with Gasteiger partial charge in [0.2, 0.25) is 0 Å². The maximum absolute atomic E-state index is 14.4. The molecule has 0 radical (unpaired) electrons. The van der Waals surface area contributed by atoms with Crippen LogP contribution >= 0.6 is 23.2 Å². The molecular formula is C14H17Cl2FN2O. The lowest BCUT2D eigenvalue weighted by atomic mass is 10.0. The third-order valence-corrected chi connectivity index (χ3v) is 4.17. The number of carbonyl (C=O) groups excluding carboxylic acids is 1. The van der Waals surface area contributed by atoms with E-state index in [1.165, 1.54) is 12.4 Å². The van der Waals surface area contributed by atoms with Gasteiger partial charge in [-0.2, -0.15) is 0 Å². The van der Waals surface area contributed by atoms with E-state index >= 15 is 0 Å². The molecule has 0 spiro atoms. The molecule has 0 aromatic carbocycles. The molecule has 0 amide bonds. The minimum atomic E-state index is -1.17. The van der Waals surface area contributed by atoms with Crippen LogP contribution in [-0.4, -0.2) is 41.5 Å². The highest BCUT2D eigenvalue weighted by atomic mass is 35.5. The highest BCUT2D eigenvalue weighted by Gasteiger charge is 2.35. The number of nitrogens with zero attached hydrogens (tertiary/aromatic N) is 2. The number of hydrogen-bond donors (Lipinski definition) is 0. The molecule has 0 bridgehead atoms. The van der Waals surface area contributed by atoms with Gasteiger partial charge in [-0.3, -0.25) is 14.7 Å². The maximum Gasteiger partial charge on any atom is 0.179 e. The summed E-state index contributed by atoms with van der Waals surface area (Å²) in [6.45, 7) is 0.355. The zero-order valence-electron chi connectivity index (χ0n) is 11.3. The van der Waals surface area contributed by atoms with Gasteiger partial charge in [0.25, 0.3) is 0 Å². The van der Waals surface area contributed by atoms with Crippen molar-refractivity contribution < 1.29 is 9.18 Å². The summed E-state index contributed by atoms with van der Waals surface area (Å²) >= 11 is 11.9. The Hall–Kier alpha value is -0.710. The van der Waals surface area contributed by atoms with Crippen molar-refractivity contribution in [1.82, 2.24) is 9.88 Å². The molecule has 2 rings (SSSR count). The molecule has 1 aliphatic rings. The third-order valence-electron chi connectivity index (χ3n) is 3.60. The Balaban J connectivity index is 2.00. The summed E-state index contributed by atoms with van der Waals surface area (Å²) in [4.78, 5) is 17.7. The van der Waals surface area contributed by atoms with Crippen LogP contribution in [-0.2, 0) is 0 Å². The minimum absolute atomic E-state index is 0.0924. The summed E-state index contributed by atoms with van der Waals surface area (Å²) in [5.74, 6) is -0.216. The van der Waals surface area contributed by atoms with E-state index in [9.17, 15) is 9.18 Å². The SMILES string of the molecule is CN(CC(=O)c1c(Cl)cncc1Cl)CC1(F)CCCC1. The van der Waals surface area contributed by atoms with Gasteiger partial charge >= 0.3 is 0 Å². The summed E-state index contributed by atoms with van der Waals surface area (Å²) in [6.07, 6.45) is 5.74. The van der Waals surface area contributed by atoms with E-state index in [0.717, 1.165) is 12.8 Å². The molecule has 1 aromatic heterocycles. The lowest BCUT2D eigenvalue weighted by molar-refractivity contribution is 0.0846. The van der Waals surface area contributed by atoms with E-state index in [-0.39, 0.29) is 34.5 Å². The molecule has 6 heteroatoms. The van der Waals surface area contributed by atoms with Gasteiger partial charge in [0.15, 0.2) is 5.78 Å². The summed E-state index contributed by atoms with van der Waals surface area (Å²) in [5.41, 5.74) is -0.907. The fourth-order valence-electron chi connectivity index (χ4n) is 2.71. The first-order valence-corrected chi connectivity index (χ1v) is 7.36. The van der Waals surface area contributed by atoms with Crippen LogP contribution < -0.4 is 0 Å². The van der Waals surface area contributed by atoms with Gasteiger partial charge in [0.1, 0.15) is 5.67 Å². The average Bonchev–Trinajstić information content (AvgIpc) is 2.74. The number of hydrogen-bond acceptors (Lipinski definition) is 3. The Kier molecular flexibility index (Phi) is 4.99. The molecule has 1 fully saturated rings. The molecule has 0 saturated heterocycles. The van der Waals surface area contributed by atoms with Gasteiger partial charge in [0.05, 0.1) is 22.2 Å². The van der Waals surface area contributed by atoms with E-state index in [4.69, 9.17) is 23.2 Å². The summed E-state index contributed by atoms with van der Waals surface area (Å²) in [6, 6.07) is 0. The molecule has 1 aromatic rings. The van der Waals surface area contributed by atoms with Gasteiger partial charge in [0, 0.05) is 18.9 Å². The smallest absolute Gasteiger partial charge is 0.179 e. The highest BCUT2D eigenvalue weighted by molar-refractivity contribution is 6.39. The van der Waals surface area contributed by atoms with E-state index in [0.29, 0.717) is 12.8 Å². The van der Waals surface area contributed by atoms with Crippen LogP contribution in [0.2, 0.25) is 10.0 Å². The number of alkyl halides is 1. The highest BCUT2D eigenvalue weighted by Crippen LogP contribution is 2.34. The van der Waals surface area contributed by atoms with Gasteiger partial charge < -0.3 is 0 Å². The Labute approximate surface area is 128 Å². The normalized spacial score (nSPS) is 17.6. The molecule has 110 valence electrons. The number of Topliss-reactive ketones (excluding diaryl/α,β-unsaturated/α-hetero) is 1. The summed E-state index contributed by atoms with van der Waals surface area (Å²) in [5, 5.41) is 0.457. The molecule has 0 atom stereocenters. The van der Waals surface area contributed by atoms with E-state index < -0.39 is 5.67 Å². The first kappa shape index (κ1) is 15.7. The van der Waals surface area contributed by atoms with Crippen LogP contribution in [0.1, 0.15) is 36.0 Å². The predicted molar refractivity (Wildman–Crippen MR) is 78.4 cm³/mol. The van der Waals surface area contributed by atoms with Crippen LogP contribution in [0.5, 0.6) is 0 Å². The van der Waals surface area contributed by atoms with Crippen molar-refractivity contribution in [3.05, 3.63) is 28.0 Å². The van der Waals surface area contributed by atoms with Crippen LogP contribution in [0.15, 0.2) is 12.4 Å². The minimum Gasteiger partial charge on any atom is -0.296 e. The lowest BCUT2D eigenvalue weighted by Crippen LogP contribution is -2.38. The number of ketones is 1. The zero-order chi connectivity index (χ0) is 14.8. The Morgan fingerprint density at radius 3 is 2.45 bits per heavy atom. The largest absolute Gasteiger partial charge is 0.296 e. The molecule has 3 nitrogen and oxygen atoms in total. The summed E-state index contributed by atoms with van der Waals surface area (Å²) in [7, 11) is 1.74. The van der Waals surface area contributed by atoms with Crippen LogP contribution in [0.25, 0.3) is 0 Å². The molecule has 1 saturated carbocycles. The van der Waals surface area contributed by atoms with E-state index in [1.54, 1.807) is 11.9 Å². The van der Waals surface area contributed by atoms with Gasteiger partial charge in [-0.25, -0.2) is 4.39 Å². The number of halogens is 3. The second kappa shape index (κ2) is 6.37. The van der Waals surface area contributed by atoms with Crippen LogP contribution in [0.4, 0.5) is 4.39 Å². The molecule has 1 aliphatic carbocycles. The Bertz CT molecular complexity index is 484. The van der Waals surface area contributed by atoms with Crippen molar-refractivity contribution >= 4 is 29.0 Å². The molecule has 0 unspecified atom stereocenters. The van der Waals surface area contributed by atoms with Crippen molar-refractivity contribution in [2.45, 2.75) is 31.4 Å². The third kappa shape index (κ3) is 3.68. The van der Waals surface area contributed by atoms with Crippen molar-refractivity contribution in [2.24, 2.45) is 0 Å². The lowest BCUT2D eigenvalue weighted by Gasteiger charge is -2.25. The molecule has 1 heterocycles. The van der Waals surface area contributed by atoms with Crippen LogP contribution in [0.3, 0.4) is 0 Å². The topological polar surface area (TPSA) is 33.2 Å². The second-order valence-electron chi connectivity index (χ2n) is 5.43. The molecule has 20 heavy (non-hydrogen) atoms. The van der Waals surface area contributed by atoms with Crippen molar-refractivity contribution in [3.8, 4) is 0 Å². The van der Waals surface area contributed by atoms with Gasteiger partial charge in [-0.05, 0) is 19.9 Å². The van der Waals surface area contributed by atoms with Crippen molar-refractivity contribution in [2.75, 3.05) is 20.1 Å². The molecule has 0 aliphatic heterocycles. The van der Waals surface area contributed by atoms with E-state index in [1.807, 2.05) is 0 Å². The molecule has 0 N–H and O–H groups in total. The monoisotopic (exact) mass is 318 g/mol. The quantitative estimate of drug-likeness (QED) is 0.774. The number of likely N-dealkylation sites (N-methyl/N-ethyl adjacent to an activating group) is 1. The number of aromatic nitrogens is 1. The second-order valence-corrected chi connectivity index (χ2v) is 6.25. The van der Waals surface area contributed by atoms with Crippen LogP contribution in [0, 0.1) is 0 Å². The summed E-state index contributed by atoms with van der Waals surface area (Å²) < 4.78 is 14.4. The number of pyridine rings is 1. The zero-order valence-corrected chi connectivity index (χ0v) is 12.8. The first-order valence-electron chi connectivity index (χ1n) is 6.61. The Morgan fingerprint density at radius 2 is 1.90 bits per heavy atom. The standard InChI is InChI=1S/C14H17Cl2FN2O/c1-19(9-14(17)4-2-3-5-14)8-12(20)13-10(15)6-18-7-11(13)16/h6-7H,2-5,8-9H2,1H3. The van der Waals surface area contributed by atoms with E-state index in [2.05, 4.69) is 4.98 Å². The Morgan fingerprint density at radius 1 is 1.35 bits per heavy atom. The fraction of sp³-hybridized carbons (Fsp3) is 0.571. The van der Waals surface area contributed by atoms with Crippen molar-refractivity contribution in [1.29, 1.82) is 0 Å². The van der Waals surface area contributed by atoms with Gasteiger partial charge in [-0.1, -0.05) is 36.0 Å². The van der Waals surface area contributed by atoms with Gasteiger partial charge in [-0.15, -0.1) is 0 Å². The number of carbonyl (C=O) groups is 1. The maximum atomic E-state index is 14.4. The van der Waals surface area contributed by atoms with Crippen molar-refractivity contribution in [3.63, 3.8) is 0 Å². The first-order chi connectivity index (χ1) is 9.41. The molecular weight excluding hydrogens is 302 g/mol. The average molecular weight is 319 g/mol. The number of rotatable bonds is 5. The predicted octanol–water partition coefficient (Wildman–Crippen LogP) is 3.79.